The molecule has 3 aromatic rings. The fraction of sp³-hybridized carbons (Fsp3) is 0.478. The van der Waals surface area contributed by atoms with E-state index >= 15 is 8.78 Å². The quantitative estimate of drug-likeness (QED) is 0.233. The largest absolute Gasteiger partial charge is 0.468 e. The average Bonchev–Trinajstić information content (AvgIpc) is 3.39. The second-order valence-corrected chi connectivity index (χ2v) is 11.2. The summed E-state index contributed by atoms with van der Waals surface area (Å²) >= 11 is 0. The smallest absolute Gasteiger partial charge is 0.459 e. The number of aliphatic hydroxyl groups is 1. The van der Waals surface area contributed by atoms with Crippen molar-refractivity contribution in [3.63, 3.8) is 0 Å². The second kappa shape index (κ2) is 10.9. The van der Waals surface area contributed by atoms with Crippen LogP contribution in [-0.4, -0.2) is 82.1 Å². The Morgan fingerprint density at radius 3 is 2.62 bits per heavy atom. The lowest BCUT2D eigenvalue weighted by Gasteiger charge is -2.28. The van der Waals surface area contributed by atoms with Crippen LogP contribution in [0.15, 0.2) is 36.7 Å². The number of fused-ring (bicyclic) bond motifs is 1. The standard InChI is InChI=1S/C23H30F2N7O7P/c1-13(18(33)36-5)30-40(35,39-14-9-7-6-8-10-14)37-11-23(25)19(34)22(2,24)20(38-23)32-12-27-15-16(31(3)4)28-21(26)29-17(15)32/h6-10,12-13,19-20,34H,11H2,1-5H3,(H,30,35)(H2,26,28,29)/t13-,19+,20-,22-,23-,40?/m1/s1. The van der Waals surface area contributed by atoms with Gasteiger partial charge in [0.2, 0.25) is 5.95 Å². The van der Waals surface area contributed by atoms with Gasteiger partial charge in [-0.25, -0.2) is 18.3 Å². The van der Waals surface area contributed by atoms with Gasteiger partial charge in [0.1, 0.15) is 18.4 Å². The molecule has 1 aromatic carbocycles. The van der Waals surface area contributed by atoms with E-state index in [1.165, 1.54) is 19.1 Å². The van der Waals surface area contributed by atoms with Gasteiger partial charge in [-0.1, -0.05) is 18.2 Å². The number of alkyl halides is 2. The maximum absolute atomic E-state index is 16.1. The molecule has 1 aliphatic heterocycles. The summed E-state index contributed by atoms with van der Waals surface area (Å²) in [6.45, 7) is 0.975. The number of aliphatic hydroxyl groups excluding tert-OH is 1. The molecule has 17 heteroatoms. The van der Waals surface area contributed by atoms with Gasteiger partial charge in [-0.3, -0.25) is 13.9 Å². The first-order valence-electron chi connectivity index (χ1n) is 12.0. The normalized spacial score (nSPS) is 26.8. The predicted molar refractivity (Wildman–Crippen MR) is 139 cm³/mol. The Kier molecular flexibility index (Phi) is 8.02. The number of halogens is 2. The molecule has 0 saturated carbocycles. The number of esters is 1. The van der Waals surface area contributed by atoms with Gasteiger partial charge in [0.05, 0.1) is 13.4 Å². The Hall–Kier alpha value is -3.43. The van der Waals surface area contributed by atoms with Gasteiger partial charge in [0.15, 0.2) is 35.0 Å². The Morgan fingerprint density at radius 1 is 1.32 bits per heavy atom. The maximum Gasteiger partial charge on any atom is 0.459 e. The van der Waals surface area contributed by atoms with Gasteiger partial charge in [-0.05, 0) is 26.0 Å². The molecule has 1 saturated heterocycles. The Morgan fingerprint density at radius 2 is 2.00 bits per heavy atom. The molecule has 40 heavy (non-hydrogen) atoms. The number of rotatable bonds is 10. The molecule has 1 fully saturated rings. The number of methoxy groups -OCH3 is 1. The van der Waals surface area contributed by atoms with Crippen molar-refractivity contribution in [2.24, 2.45) is 0 Å². The van der Waals surface area contributed by atoms with E-state index in [1.54, 1.807) is 37.2 Å². The molecule has 3 heterocycles. The molecule has 1 unspecified atom stereocenters. The first-order chi connectivity index (χ1) is 18.7. The first kappa shape index (κ1) is 29.6. The zero-order valence-electron chi connectivity index (χ0n) is 22.3. The van der Waals surface area contributed by atoms with E-state index < -0.39 is 50.2 Å². The summed E-state index contributed by atoms with van der Waals surface area (Å²) in [7, 11) is -0.0510. The van der Waals surface area contributed by atoms with E-state index in [4.69, 9.17) is 19.5 Å². The van der Waals surface area contributed by atoms with Crippen LogP contribution < -0.4 is 20.2 Å². The van der Waals surface area contributed by atoms with Crippen molar-refractivity contribution in [3.05, 3.63) is 36.7 Å². The molecule has 4 N–H and O–H groups in total. The third-order valence-corrected chi connectivity index (χ3v) is 7.76. The summed E-state index contributed by atoms with van der Waals surface area (Å²) in [5, 5.41) is 13.1. The molecule has 0 amide bonds. The molecule has 1 aliphatic rings. The highest BCUT2D eigenvalue weighted by Crippen LogP contribution is 2.52. The number of ether oxygens (including phenoxy) is 2. The van der Waals surface area contributed by atoms with E-state index in [2.05, 4.69) is 24.8 Å². The topological polar surface area (TPSA) is 176 Å². The molecule has 14 nitrogen and oxygen atoms in total. The van der Waals surface area contributed by atoms with E-state index in [9.17, 15) is 14.5 Å². The molecular weight excluding hydrogens is 555 g/mol. The van der Waals surface area contributed by atoms with Crippen LogP contribution >= 0.6 is 7.75 Å². The summed E-state index contributed by atoms with van der Waals surface area (Å²) < 4.78 is 67.5. The zero-order chi connectivity index (χ0) is 29.5. The summed E-state index contributed by atoms with van der Waals surface area (Å²) in [5.74, 6) is -3.83. The van der Waals surface area contributed by atoms with Crippen LogP contribution in [0.2, 0.25) is 0 Å². The third-order valence-electron chi connectivity index (χ3n) is 6.14. The lowest BCUT2D eigenvalue weighted by molar-refractivity contribution is -0.202. The van der Waals surface area contributed by atoms with Gasteiger partial charge in [-0.2, -0.15) is 15.1 Å². The number of para-hydroxylation sites is 1. The van der Waals surface area contributed by atoms with Gasteiger partial charge in [0.25, 0.3) is 5.85 Å². The summed E-state index contributed by atoms with van der Waals surface area (Å²) in [6.07, 6.45) is -3.09. The molecule has 0 radical (unpaired) electrons. The number of nitrogen functional groups attached to an aromatic ring is 1. The average molecular weight is 586 g/mol. The number of carbonyl (C=O) groups excluding carboxylic acids is 1. The van der Waals surface area contributed by atoms with E-state index in [0.29, 0.717) is 5.82 Å². The number of hydrogen-bond donors (Lipinski definition) is 3. The molecule has 0 aliphatic carbocycles. The van der Waals surface area contributed by atoms with Crippen molar-refractivity contribution >= 4 is 36.6 Å². The summed E-state index contributed by atoms with van der Waals surface area (Å²) in [4.78, 5) is 25.9. The lowest BCUT2D eigenvalue weighted by atomic mass is 9.97. The van der Waals surface area contributed by atoms with Crippen LogP contribution in [0.1, 0.15) is 20.1 Å². The van der Waals surface area contributed by atoms with Crippen LogP contribution in [-0.2, 0) is 23.4 Å². The summed E-state index contributed by atoms with van der Waals surface area (Å²) in [6, 6.07) is 6.51. The van der Waals surface area contributed by atoms with Crippen molar-refractivity contribution in [2.75, 3.05) is 38.4 Å². The van der Waals surface area contributed by atoms with Gasteiger partial charge >= 0.3 is 13.7 Å². The highest BCUT2D eigenvalue weighted by atomic mass is 31.2. The van der Waals surface area contributed by atoms with E-state index in [1.807, 2.05) is 0 Å². The minimum Gasteiger partial charge on any atom is -0.468 e. The van der Waals surface area contributed by atoms with Crippen molar-refractivity contribution in [2.45, 2.75) is 43.7 Å². The van der Waals surface area contributed by atoms with Crippen molar-refractivity contribution in [1.29, 1.82) is 0 Å². The second-order valence-electron chi connectivity index (χ2n) is 9.48. The van der Waals surface area contributed by atoms with Crippen molar-refractivity contribution in [3.8, 4) is 5.75 Å². The minimum absolute atomic E-state index is 0.0223. The monoisotopic (exact) mass is 585 g/mol. The highest BCUT2D eigenvalue weighted by Gasteiger charge is 2.65. The Labute approximate surface area is 228 Å². The predicted octanol–water partition coefficient (Wildman–Crippen LogP) is 2.11. The summed E-state index contributed by atoms with van der Waals surface area (Å²) in [5.41, 5.74) is 3.30. The van der Waals surface area contributed by atoms with E-state index in [0.717, 1.165) is 24.9 Å². The number of carbonyl (C=O) groups is 1. The molecule has 218 valence electrons. The fourth-order valence-corrected chi connectivity index (χ4v) is 5.62. The lowest BCUT2D eigenvalue weighted by Crippen LogP contribution is -2.47. The van der Waals surface area contributed by atoms with Gasteiger partial charge < -0.3 is 29.7 Å². The molecule has 0 bridgehead atoms. The van der Waals surface area contributed by atoms with Crippen LogP contribution in [0.5, 0.6) is 5.75 Å². The van der Waals surface area contributed by atoms with Crippen LogP contribution in [0.4, 0.5) is 20.5 Å². The molecule has 0 spiro atoms. The van der Waals surface area contributed by atoms with Crippen LogP contribution in [0.25, 0.3) is 11.2 Å². The SMILES string of the molecule is COC(=O)[C@@H](C)NP(=O)(OC[C@@]1(F)O[C@@H](n2cnc3c(N(C)C)nc(N)nc32)[C@](C)(F)[C@@H]1O)Oc1ccccc1. The minimum atomic E-state index is -4.54. The number of nitrogens with one attached hydrogen (secondary N) is 1. The highest BCUT2D eigenvalue weighted by molar-refractivity contribution is 7.52. The molecule has 4 rings (SSSR count). The fourth-order valence-electron chi connectivity index (χ4n) is 4.11. The Balaban J connectivity index is 1.64. The first-order valence-corrected chi connectivity index (χ1v) is 13.5. The number of anilines is 2. The number of hydrogen-bond acceptors (Lipinski definition) is 12. The van der Waals surface area contributed by atoms with Gasteiger partial charge in [0, 0.05) is 14.1 Å². The number of benzene rings is 1. The van der Waals surface area contributed by atoms with Gasteiger partial charge in [-0.15, -0.1) is 0 Å². The molecule has 2 aromatic heterocycles. The number of nitrogens with zero attached hydrogens (tertiary/aromatic N) is 5. The number of imidazole rings is 1. The van der Waals surface area contributed by atoms with Crippen molar-refractivity contribution in [1.82, 2.24) is 24.6 Å². The third kappa shape index (κ3) is 5.58. The van der Waals surface area contributed by atoms with Crippen molar-refractivity contribution < 1.29 is 41.8 Å². The number of aromatic nitrogens is 4. The molecule has 6 atom stereocenters. The number of nitrogens with two attached hydrogens (primary N) is 1. The zero-order valence-corrected chi connectivity index (χ0v) is 23.2. The van der Waals surface area contributed by atoms with Crippen LogP contribution in [0, 0.1) is 0 Å². The Bertz CT molecular complexity index is 1430. The van der Waals surface area contributed by atoms with E-state index in [-0.39, 0.29) is 22.9 Å². The van der Waals surface area contributed by atoms with Crippen LogP contribution in [0.3, 0.4) is 0 Å². The molecular formula is C23H30F2N7O7P. The maximum atomic E-state index is 16.1.